The topological polar surface area (TPSA) is 168 Å². The van der Waals surface area contributed by atoms with E-state index in [1.807, 2.05) is 0 Å². The smallest absolute Gasteiger partial charge is 0.346 e. The average Bonchev–Trinajstić information content (AvgIpc) is 3.02. The van der Waals surface area contributed by atoms with Crippen LogP contribution in [0.25, 0.3) is 0 Å². The summed E-state index contributed by atoms with van der Waals surface area (Å²) in [6.07, 6.45) is 1.29. The maximum absolute atomic E-state index is 13.3. The van der Waals surface area contributed by atoms with E-state index in [9.17, 15) is 18.6 Å². The van der Waals surface area contributed by atoms with Gasteiger partial charge in [-0.25, -0.2) is 18.0 Å². The van der Waals surface area contributed by atoms with Crippen molar-refractivity contribution in [3.8, 4) is 0 Å². The van der Waals surface area contributed by atoms with Crippen LogP contribution in [0.2, 0.25) is 0 Å². The lowest BCUT2D eigenvalue weighted by Crippen LogP contribution is -2.20. The highest BCUT2D eigenvalue weighted by molar-refractivity contribution is 9.10. The standard InChI is InChI=1S/C13H15BrFN7O4S/c1-27(25,22-13(16)23)5-4-17-11-10(20-26-21-11)12(19-24)18-7-2-3-9(15)8(14)6-7/h2-3,6,24H,4-5H2,1H3,(H2,16,23)(H,17,21)(H,18,19). The summed E-state index contributed by atoms with van der Waals surface area (Å²) in [5, 5.41) is 25.1. The lowest BCUT2D eigenvalue weighted by molar-refractivity contribution is 0.257. The van der Waals surface area contributed by atoms with E-state index in [2.05, 4.69) is 51.0 Å². The molecular weight excluding hydrogens is 449 g/mol. The summed E-state index contributed by atoms with van der Waals surface area (Å²) < 4.78 is 33.5. The zero-order valence-electron chi connectivity index (χ0n) is 13.8. The Labute approximate surface area is 161 Å². The highest BCUT2D eigenvalue weighted by Crippen LogP contribution is 2.21. The number of amidine groups is 1. The van der Waals surface area contributed by atoms with E-state index in [-0.39, 0.29) is 34.1 Å². The van der Waals surface area contributed by atoms with Gasteiger partial charge in [0.15, 0.2) is 5.69 Å². The normalized spacial score (nSPS) is 13.7. The Kier molecular flexibility index (Phi) is 6.68. The molecule has 1 unspecified atom stereocenters. The van der Waals surface area contributed by atoms with Crippen molar-refractivity contribution in [2.45, 2.75) is 0 Å². The number of halogens is 2. The van der Waals surface area contributed by atoms with E-state index in [4.69, 9.17) is 5.73 Å². The van der Waals surface area contributed by atoms with Crippen LogP contribution in [-0.2, 0) is 9.73 Å². The molecule has 1 aromatic carbocycles. The van der Waals surface area contributed by atoms with Crippen molar-refractivity contribution in [2.24, 2.45) is 15.3 Å². The fourth-order valence-electron chi connectivity index (χ4n) is 1.90. The van der Waals surface area contributed by atoms with E-state index in [1.165, 1.54) is 24.5 Å². The van der Waals surface area contributed by atoms with Crippen LogP contribution >= 0.6 is 15.9 Å². The number of nitrogens with two attached hydrogens (primary N) is 1. The number of carbonyl (C=O) groups excluding carboxylic acids is 1. The largest absolute Gasteiger partial charge is 0.409 e. The first-order chi connectivity index (χ1) is 12.7. The van der Waals surface area contributed by atoms with Gasteiger partial charge in [0, 0.05) is 24.2 Å². The number of rotatable bonds is 6. The molecule has 14 heteroatoms. The Balaban J connectivity index is 2.11. The number of anilines is 2. The van der Waals surface area contributed by atoms with Crippen LogP contribution in [0.3, 0.4) is 0 Å². The molecule has 2 rings (SSSR count). The van der Waals surface area contributed by atoms with Gasteiger partial charge < -0.3 is 21.6 Å². The number of primary amides is 1. The van der Waals surface area contributed by atoms with E-state index in [0.717, 1.165) is 0 Å². The summed E-state index contributed by atoms with van der Waals surface area (Å²) in [7, 11) is -2.81. The summed E-state index contributed by atoms with van der Waals surface area (Å²) in [4.78, 5) is 10.7. The molecule has 1 aromatic heterocycles. The predicted molar refractivity (Wildman–Crippen MR) is 99.8 cm³/mol. The summed E-state index contributed by atoms with van der Waals surface area (Å²) in [5.74, 6) is -0.508. The van der Waals surface area contributed by atoms with E-state index in [1.54, 1.807) is 0 Å². The quantitative estimate of drug-likeness (QED) is 0.217. The van der Waals surface area contributed by atoms with Crippen LogP contribution in [0.4, 0.5) is 20.7 Å². The maximum Gasteiger partial charge on any atom is 0.346 e. The van der Waals surface area contributed by atoms with Crippen molar-refractivity contribution in [3.05, 3.63) is 34.2 Å². The van der Waals surface area contributed by atoms with Crippen molar-refractivity contribution in [2.75, 3.05) is 29.2 Å². The second kappa shape index (κ2) is 8.77. The van der Waals surface area contributed by atoms with Crippen LogP contribution in [-0.4, -0.2) is 50.1 Å². The SMILES string of the molecule is CS(=O)(CCNc1nonc1C(=NO)Nc1ccc(F)c(Br)c1)=NC(N)=O. The second-order valence-electron chi connectivity index (χ2n) is 5.18. The molecule has 0 bridgehead atoms. The first-order valence-electron chi connectivity index (χ1n) is 7.22. The number of aromatic nitrogens is 2. The number of oxime groups is 1. The predicted octanol–water partition coefficient (Wildman–Crippen LogP) is 1.81. The van der Waals surface area contributed by atoms with Crippen molar-refractivity contribution in [1.29, 1.82) is 0 Å². The molecule has 2 aromatic rings. The van der Waals surface area contributed by atoms with Crippen LogP contribution in [0.1, 0.15) is 5.69 Å². The molecule has 0 aliphatic rings. The molecule has 0 radical (unpaired) electrons. The van der Waals surface area contributed by atoms with Crippen LogP contribution in [0, 0.1) is 5.82 Å². The van der Waals surface area contributed by atoms with Gasteiger partial charge in [0.05, 0.1) is 14.2 Å². The maximum atomic E-state index is 13.3. The molecule has 27 heavy (non-hydrogen) atoms. The first kappa shape index (κ1) is 20.6. The molecule has 5 N–H and O–H groups in total. The Hall–Kier alpha value is -2.74. The van der Waals surface area contributed by atoms with E-state index < -0.39 is 21.6 Å². The molecule has 1 heterocycles. The minimum atomic E-state index is -2.81. The lowest BCUT2D eigenvalue weighted by Gasteiger charge is -2.08. The highest BCUT2D eigenvalue weighted by Gasteiger charge is 2.18. The number of hydrogen-bond donors (Lipinski definition) is 4. The molecule has 1 atom stereocenters. The van der Waals surface area contributed by atoms with Crippen LogP contribution in [0.5, 0.6) is 0 Å². The Morgan fingerprint density at radius 2 is 2.22 bits per heavy atom. The zero-order chi connectivity index (χ0) is 20.0. The number of nitrogens with zero attached hydrogens (tertiary/aromatic N) is 4. The van der Waals surface area contributed by atoms with Gasteiger partial charge in [-0.2, -0.15) is 0 Å². The lowest BCUT2D eigenvalue weighted by atomic mass is 10.3. The third kappa shape index (κ3) is 5.89. The molecule has 0 spiro atoms. The van der Waals surface area contributed by atoms with Gasteiger partial charge in [0.1, 0.15) is 5.82 Å². The minimum absolute atomic E-state index is 0.00776. The summed E-state index contributed by atoms with van der Waals surface area (Å²) in [6, 6.07) is 3.04. The van der Waals surface area contributed by atoms with Gasteiger partial charge in [-0.05, 0) is 44.4 Å². The van der Waals surface area contributed by atoms with Crippen molar-refractivity contribution in [3.63, 3.8) is 0 Å². The monoisotopic (exact) mass is 463 g/mol. The van der Waals surface area contributed by atoms with Gasteiger partial charge in [0.2, 0.25) is 11.7 Å². The molecule has 0 saturated heterocycles. The first-order valence-corrected chi connectivity index (χ1v) is 10.1. The van der Waals surface area contributed by atoms with Crippen molar-refractivity contribution in [1.82, 2.24) is 10.3 Å². The zero-order valence-corrected chi connectivity index (χ0v) is 16.3. The van der Waals surface area contributed by atoms with Crippen molar-refractivity contribution < 1.29 is 23.2 Å². The van der Waals surface area contributed by atoms with Crippen LogP contribution in [0.15, 0.2) is 36.8 Å². The molecule has 0 fully saturated rings. The molecule has 0 aliphatic heterocycles. The van der Waals surface area contributed by atoms with Gasteiger partial charge in [-0.15, -0.1) is 4.36 Å². The van der Waals surface area contributed by atoms with Gasteiger partial charge in [-0.1, -0.05) is 5.16 Å². The average molecular weight is 464 g/mol. The molecular formula is C13H15BrFN7O4S. The van der Waals surface area contributed by atoms with Gasteiger partial charge in [0.25, 0.3) is 0 Å². The number of hydrogen-bond acceptors (Lipinski definition) is 8. The number of carbonyl (C=O) groups is 1. The fraction of sp³-hybridized carbons (Fsp3) is 0.231. The second-order valence-corrected chi connectivity index (χ2v) is 8.55. The fourth-order valence-corrected chi connectivity index (χ4v) is 3.23. The Bertz CT molecular complexity index is 987. The number of urea groups is 1. The third-order valence-corrected chi connectivity index (χ3v) is 5.19. The number of nitrogens with one attached hydrogen (secondary N) is 2. The summed E-state index contributed by atoms with van der Waals surface area (Å²) >= 11 is 3.05. The molecule has 146 valence electrons. The Morgan fingerprint density at radius 3 is 2.85 bits per heavy atom. The third-order valence-electron chi connectivity index (χ3n) is 3.05. The Morgan fingerprint density at radius 1 is 1.48 bits per heavy atom. The molecule has 2 amide bonds. The number of benzene rings is 1. The van der Waals surface area contributed by atoms with Crippen molar-refractivity contribution >= 4 is 49.0 Å². The molecule has 11 nitrogen and oxygen atoms in total. The molecule has 0 aliphatic carbocycles. The highest BCUT2D eigenvalue weighted by atomic mass is 79.9. The van der Waals surface area contributed by atoms with E-state index in [0.29, 0.717) is 5.69 Å². The van der Waals surface area contributed by atoms with Gasteiger partial charge in [-0.3, -0.25) is 0 Å². The van der Waals surface area contributed by atoms with E-state index >= 15 is 0 Å². The minimum Gasteiger partial charge on any atom is -0.409 e. The van der Waals surface area contributed by atoms with Crippen LogP contribution < -0.4 is 16.4 Å². The molecule has 0 saturated carbocycles. The number of amides is 2. The summed E-state index contributed by atoms with van der Waals surface area (Å²) in [5.41, 5.74) is 5.32. The van der Waals surface area contributed by atoms with Gasteiger partial charge >= 0.3 is 6.03 Å². The summed E-state index contributed by atoms with van der Waals surface area (Å²) in [6.45, 7) is 0.0914.